The van der Waals surface area contributed by atoms with Gasteiger partial charge in [0.1, 0.15) is 0 Å². The minimum Gasteiger partial charge on any atom is -0.372 e. The highest BCUT2D eigenvalue weighted by Gasteiger charge is 2.22. The van der Waals surface area contributed by atoms with E-state index in [1.807, 2.05) is 23.5 Å². The molecule has 0 radical (unpaired) electrons. The van der Waals surface area contributed by atoms with E-state index >= 15 is 0 Å². The quantitative estimate of drug-likeness (QED) is 0.450. The van der Waals surface area contributed by atoms with Crippen molar-refractivity contribution >= 4 is 23.5 Å². The van der Waals surface area contributed by atoms with Crippen molar-refractivity contribution in [2.24, 2.45) is 0 Å². The molecule has 0 spiro atoms. The molecule has 2 saturated heterocycles. The summed E-state index contributed by atoms with van der Waals surface area (Å²) in [5.74, 6) is 5.03. The Balaban J connectivity index is 1.25. The zero-order valence-corrected chi connectivity index (χ0v) is 10.1. The van der Waals surface area contributed by atoms with Crippen molar-refractivity contribution < 1.29 is 9.47 Å². The van der Waals surface area contributed by atoms with E-state index < -0.39 is 0 Å². The van der Waals surface area contributed by atoms with Gasteiger partial charge in [-0.05, 0) is 24.3 Å². The Hall–Kier alpha value is 0.620. The predicted octanol–water partition coefficient (Wildman–Crippen LogP) is 2.03. The first-order chi connectivity index (χ1) is 6.95. The summed E-state index contributed by atoms with van der Waals surface area (Å²) >= 11 is 4.08. The van der Waals surface area contributed by atoms with Gasteiger partial charge in [-0.2, -0.15) is 23.5 Å². The van der Waals surface area contributed by atoms with Gasteiger partial charge in [0.15, 0.2) is 0 Å². The van der Waals surface area contributed by atoms with Crippen molar-refractivity contribution in [3.63, 3.8) is 0 Å². The molecule has 2 atom stereocenters. The molecule has 2 aliphatic heterocycles. The Bertz CT molecular complexity index is 140. The standard InChI is InChI=1S/C10H18O2S2/c1(3-13-7-9-5-11-9)2-4-14-8-10-6-12-10/h9-10H,1-8H2. The SMILES string of the molecule is C(CCSCC1CO1)CSCC1CO1. The summed E-state index contributed by atoms with van der Waals surface area (Å²) in [5, 5.41) is 0. The lowest BCUT2D eigenvalue weighted by Crippen LogP contribution is -1.93. The number of epoxide rings is 2. The van der Waals surface area contributed by atoms with Crippen LogP contribution < -0.4 is 0 Å². The fraction of sp³-hybridized carbons (Fsp3) is 1.00. The Morgan fingerprint density at radius 2 is 1.29 bits per heavy atom. The molecule has 0 N–H and O–H groups in total. The van der Waals surface area contributed by atoms with Crippen LogP contribution in [0.5, 0.6) is 0 Å². The summed E-state index contributed by atoms with van der Waals surface area (Å²) in [6, 6.07) is 0. The Labute approximate surface area is 94.5 Å². The first-order valence-corrected chi connectivity index (χ1v) is 7.65. The largest absolute Gasteiger partial charge is 0.372 e. The van der Waals surface area contributed by atoms with Gasteiger partial charge in [-0.25, -0.2) is 0 Å². The molecule has 0 bridgehead atoms. The molecule has 0 aliphatic carbocycles. The second-order valence-corrected chi connectivity index (χ2v) is 6.07. The molecular formula is C10H18O2S2. The van der Waals surface area contributed by atoms with E-state index in [0.29, 0.717) is 12.2 Å². The fourth-order valence-corrected chi connectivity index (χ4v) is 3.23. The van der Waals surface area contributed by atoms with Crippen LogP contribution >= 0.6 is 23.5 Å². The summed E-state index contributed by atoms with van der Waals surface area (Å²) < 4.78 is 10.3. The average Bonchev–Trinajstić information content (AvgIpc) is 3.00. The molecule has 2 fully saturated rings. The summed E-state index contributed by atoms with van der Waals surface area (Å²) in [7, 11) is 0. The van der Waals surface area contributed by atoms with Gasteiger partial charge < -0.3 is 9.47 Å². The van der Waals surface area contributed by atoms with Crippen LogP contribution in [-0.4, -0.2) is 48.4 Å². The van der Waals surface area contributed by atoms with Crippen LogP contribution in [0.4, 0.5) is 0 Å². The van der Waals surface area contributed by atoms with Crippen LogP contribution in [0.1, 0.15) is 12.8 Å². The zero-order valence-electron chi connectivity index (χ0n) is 8.44. The Morgan fingerprint density at radius 1 is 0.857 bits per heavy atom. The van der Waals surface area contributed by atoms with Gasteiger partial charge in [-0.1, -0.05) is 0 Å². The third-order valence-electron chi connectivity index (χ3n) is 2.24. The van der Waals surface area contributed by atoms with E-state index in [1.165, 1.54) is 35.9 Å². The van der Waals surface area contributed by atoms with Crippen molar-refractivity contribution in [1.82, 2.24) is 0 Å². The van der Waals surface area contributed by atoms with Crippen molar-refractivity contribution in [3.8, 4) is 0 Å². The first-order valence-electron chi connectivity index (χ1n) is 5.34. The van der Waals surface area contributed by atoms with Crippen molar-refractivity contribution in [2.45, 2.75) is 25.0 Å². The second kappa shape index (κ2) is 6.26. The molecule has 14 heavy (non-hydrogen) atoms. The number of rotatable bonds is 9. The van der Waals surface area contributed by atoms with Gasteiger partial charge in [0.05, 0.1) is 25.4 Å². The maximum atomic E-state index is 5.15. The molecule has 2 unspecified atom stereocenters. The van der Waals surface area contributed by atoms with E-state index in [-0.39, 0.29) is 0 Å². The Kier molecular flexibility index (Phi) is 4.97. The lowest BCUT2D eigenvalue weighted by molar-refractivity contribution is 0.426. The predicted molar refractivity (Wildman–Crippen MR) is 63.4 cm³/mol. The van der Waals surface area contributed by atoms with Crippen LogP contribution in [0.3, 0.4) is 0 Å². The zero-order chi connectivity index (χ0) is 9.64. The average molecular weight is 234 g/mol. The lowest BCUT2D eigenvalue weighted by atomic mass is 10.4. The molecule has 2 rings (SSSR count). The molecule has 0 aromatic heterocycles. The smallest absolute Gasteiger partial charge is 0.0900 e. The molecule has 0 aromatic carbocycles. The molecule has 2 heterocycles. The normalized spacial score (nSPS) is 29.1. The molecule has 2 nitrogen and oxygen atoms in total. The van der Waals surface area contributed by atoms with Crippen LogP contribution in [0.25, 0.3) is 0 Å². The second-order valence-electron chi connectivity index (χ2n) is 3.77. The van der Waals surface area contributed by atoms with Gasteiger partial charge >= 0.3 is 0 Å². The highest BCUT2D eigenvalue weighted by atomic mass is 32.2. The lowest BCUT2D eigenvalue weighted by Gasteiger charge is -2.00. The molecule has 2 aliphatic rings. The maximum absolute atomic E-state index is 5.15. The molecule has 0 amide bonds. The van der Waals surface area contributed by atoms with Gasteiger partial charge in [-0.3, -0.25) is 0 Å². The fourth-order valence-electron chi connectivity index (χ4n) is 1.17. The van der Waals surface area contributed by atoms with Crippen LogP contribution in [-0.2, 0) is 9.47 Å². The summed E-state index contributed by atoms with van der Waals surface area (Å²) in [6.07, 6.45) is 3.91. The highest BCUT2D eigenvalue weighted by Crippen LogP contribution is 2.19. The third-order valence-corrected chi connectivity index (χ3v) is 4.61. The minimum atomic E-state index is 0.599. The van der Waals surface area contributed by atoms with Crippen LogP contribution in [0, 0.1) is 0 Å². The van der Waals surface area contributed by atoms with E-state index in [0.717, 1.165) is 13.2 Å². The van der Waals surface area contributed by atoms with E-state index in [2.05, 4.69) is 0 Å². The molecule has 82 valence electrons. The number of thioether (sulfide) groups is 2. The van der Waals surface area contributed by atoms with Gasteiger partial charge in [0.2, 0.25) is 0 Å². The number of unbranched alkanes of at least 4 members (excludes halogenated alkanes) is 1. The van der Waals surface area contributed by atoms with Crippen LogP contribution in [0.2, 0.25) is 0 Å². The molecule has 4 heteroatoms. The summed E-state index contributed by atoms with van der Waals surface area (Å²) in [4.78, 5) is 0. The third kappa shape index (κ3) is 5.49. The monoisotopic (exact) mass is 234 g/mol. The summed E-state index contributed by atoms with van der Waals surface area (Å²) in [5.41, 5.74) is 0. The topological polar surface area (TPSA) is 25.1 Å². The van der Waals surface area contributed by atoms with Crippen molar-refractivity contribution in [3.05, 3.63) is 0 Å². The van der Waals surface area contributed by atoms with Crippen molar-refractivity contribution in [1.29, 1.82) is 0 Å². The van der Waals surface area contributed by atoms with Gasteiger partial charge in [-0.15, -0.1) is 0 Å². The van der Waals surface area contributed by atoms with E-state index in [9.17, 15) is 0 Å². The highest BCUT2D eigenvalue weighted by molar-refractivity contribution is 7.99. The molecular weight excluding hydrogens is 216 g/mol. The molecule has 0 saturated carbocycles. The van der Waals surface area contributed by atoms with Crippen molar-refractivity contribution in [2.75, 3.05) is 36.2 Å². The van der Waals surface area contributed by atoms with Gasteiger partial charge in [0, 0.05) is 11.5 Å². The first kappa shape index (κ1) is 11.1. The maximum Gasteiger partial charge on any atom is 0.0900 e. The number of ether oxygens (including phenoxy) is 2. The van der Waals surface area contributed by atoms with Gasteiger partial charge in [0.25, 0.3) is 0 Å². The Morgan fingerprint density at radius 3 is 1.64 bits per heavy atom. The minimum absolute atomic E-state index is 0.599. The van der Waals surface area contributed by atoms with E-state index in [4.69, 9.17) is 9.47 Å². The molecule has 0 aromatic rings. The van der Waals surface area contributed by atoms with Crippen LogP contribution in [0.15, 0.2) is 0 Å². The summed E-state index contributed by atoms with van der Waals surface area (Å²) in [6.45, 7) is 2.01. The van der Waals surface area contributed by atoms with E-state index in [1.54, 1.807) is 0 Å². The number of hydrogen-bond donors (Lipinski definition) is 0. The number of hydrogen-bond acceptors (Lipinski definition) is 4.